The van der Waals surface area contributed by atoms with Gasteiger partial charge in [0.25, 0.3) is 0 Å². The first-order chi connectivity index (χ1) is 10.1. The Labute approximate surface area is 130 Å². The van der Waals surface area contributed by atoms with E-state index in [1.165, 1.54) is 0 Å². The third-order valence-electron chi connectivity index (χ3n) is 3.10. The van der Waals surface area contributed by atoms with Gasteiger partial charge in [-0.3, -0.25) is 0 Å². The Morgan fingerprint density at radius 2 is 1.95 bits per heavy atom. The molecule has 0 amide bonds. The molecule has 0 unspecified atom stereocenters. The second-order valence-corrected chi connectivity index (χ2v) is 5.23. The molecule has 0 saturated carbocycles. The molecule has 0 saturated heterocycles. The Kier molecular flexibility index (Phi) is 5.27. The van der Waals surface area contributed by atoms with Crippen molar-refractivity contribution in [1.82, 2.24) is 0 Å². The molecule has 0 fully saturated rings. The van der Waals surface area contributed by atoms with Gasteiger partial charge >= 0.3 is 0 Å². The molecule has 2 aromatic rings. The molecule has 0 spiro atoms. The quantitative estimate of drug-likeness (QED) is 0.872. The van der Waals surface area contributed by atoms with Crippen LogP contribution in [0.15, 0.2) is 36.4 Å². The summed E-state index contributed by atoms with van der Waals surface area (Å²) in [7, 11) is 0. The predicted molar refractivity (Wildman–Crippen MR) is 85.7 cm³/mol. The largest absolute Gasteiger partial charge is 0.489 e. The number of aliphatic hydroxyl groups is 1. The van der Waals surface area contributed by atoms with Gasteiger partial charge < -0.3 is 9.84 Å². The lowest BCUT2D eigenvalue weighted by molar-refractivity contribution is 0.306. The lowest BCUT2D eigenvalue weighted by Gasteiger charge is -2.09. The fourth-order valence-electron chi connectivity index (χ4n) is 1.93. The number of aryl methyl sites for hydroxylation is 2. The fourth-order valence-corrected chi connectivity index (χ4v) is 2.22. The summed E-state index contributed by atoms with van der Waals surface area (Å²) < 4.78 is 5.77. The maximum Gasteiger partial charge on any atom is 0.120 e. The molecule has 2 aromatic carbocycles. The maximum absolute atomic E-state index is 8.72. The van der Waals surface area contributed by atoms with Gasteiger partial charge in [0.05, 0.1) is 0 Å². The Bertz CT molecular complexity index is 696. The number of aliphatic hydroxyl groups excluding tert-OH is 1. The van der Waals surface area contributed by atoms with E-state index in [0.717, 1.165) is 33.0 Å². The van der Waals surface area contributed by atoms with Crippen molar-refractivity contribution < 1.29 is 9.84 Å². The fraction of sp³-hybridized carbons (Fsp3) is 0.222. The summed E-state index contributed by atoms with van der Waals surface area (Å²) in [4.78, 5) is 0. The second-order valence-electron chi connectivity index (χ2n) is 4.82. The topological polar surface area (TPSA) is 29.5 Å². The molecular formula is C18H17ClO2. The van der Waals surface area contributed by atoms with Crippen LogP contribution in [0.3, 0.4) is 0 Å². The molecule has 3 heteroatoms. The van der Waals surface area contributed by atoms with Crippen LogP contribution in [0.4, 0.5) is 0 Å². The Balaban J connectivity index is 2.08. The molecule has 2 nitrogen and oxygen atoms in total. The minimum atomic E-state index is -0.135. The van der Waals surface area contributed by atoms with Crippen molar-refractivity contribution in [3.63, 3.8) is 0 Å². The van der Waals surface area contributed by atoms with Gasteiger partial charge in [-0.2, -0.15) is 0 Å². The van der Waals surface area contributed by atoms with Crippen LogP contribution >= 0.6 is 11.6 Å². The van der Waals surface area contributed by atoms with Crippen LogP contribution in [0.2, 0.25) is 5.02 Å². The van der Waals surface area contributed by atoms with Crippen LogP contribution < -0.4 is 4.74 Å². The maximum atomic E-state index is 8.72. The van der Waals surface area contributed by atoms with Crippen LogP contribution in [-0.4, -0.2) is 11.7 Å². The molecule has 0 bridgehead atoms. The van der Waals surface area contributed by atoms with Crippen molar-refractivity contribution in [1.29, 1.82) is 0 Å². The monoisotopic (exact) mass is 300 g/mol. The first-order valence-electron chi connectivity index (χ1n) is 6.68. The molecule has 0 aliphatic rings. The van der Waals surface area contributed by atoms with E-state index in [4.69, 9.17) is 21.4 Å². The summed E-state index contributed by atoms with van der Waals surface area (Å²) in [5, 5.41) is 9.44. The van der Waals surface area contributed by atoms with Crippen LogP contribution in [0.5, 0.6) is 5.75 Å². The first kappa shape index (κ1) is 15.4. The SMILES string of the molecule is Cc1ccc(COc2ccc(C#CCO)c(C)c2)c(Cl)c1. The van der Waals surface area contributed by atoms with E-state index >= 15 is 0 Å². The third kappa shape index (κ3) is 4.26. The van der Waals surface area contributed by atoms with Gasteiger partial charge in [-0.05, 0) is 49.2 Å². The Morgan fingerprint density at radius 3 is 2.62 bits per heavy atom. The highest BCUT2D eigenvalue weighted by Crippen LogP contribution is 2.21. The average molecular weight is 301 g/mol. The van der Waals surface area contributed by atoms with Crippen LogP contribution in [0.1, 0.15) is 22.3 Å². The number of rotatable bonds is 3. The van der Waals surface area contributed by atoms with E-state index in [2.05, 4.69) is 11.8 Å². The van der Waals surface area contributed by atoms with Gasteiger partial charge in [-0.1, -0.05) is 35.6 Å². The first-order valence-corrected chi connectivity index (χ1v) is 7.06. The predicted octanol–water partition coefficient (Wildman–Crippen LogP) is 3.88. The molecule has 21 heavy (non-hydrogen) atoms. The highest BCUT2D eigenvalue weighted by Gasteiger charge is 2.03. The lowest BCUT2D eigenvalue weighted by Crippen LogP contribution is -1.97. The van der Waals surface area contributed by atoms with E-state index in [0.29, 0.717) is 6.61 Å². The van der Waals surface area contributed by atoms with E-state index in [9.17, 15) is 0 Å². The van der Waals surface area contributed by atoms with E-state index in [1.807, 2.05) is 50.2 Å². The molecule has 0 aromatic heterocycles. The average Bonchev–Trinajstić information content (AvgIpc) is 2.45. The molecule has 0 aliphatic heterocycles. The van der Waals surface area contributed by atoms with Gasteiger partial charge in [0.1, 0.15) is 19.0 Å². The number of benzene rings is 2. The van der Waals surface area contributed by atoms with E-state index < -0.39 is 0 Å². The zero-order valence-electron chi connectivity index (χ0n) is 12.1. The standard InChI is InChI=1S/C18H17ClO2/c1-13-5-6-16(18(19)10-13)12-21-17-8-7-15(4-3-9-20)14(2)11-17/h5-8,10-11,20H,9,12H2,1-2H3. The van der Waals surface area contributed by atoms with Gasteiger partial charge in [-0.25, -0.2) is 0 Å². The van der Waals surface area contributed by atoms with Crippen LogP contribution in [-0.2, 0) is 6.61 Å². The van der Waals surface area contributed by atoms with Crippen molar-refractivity contribution in [2.24, 2.45) is 0 Å². The van der Waals surface area contributed by atoms with Crippen molar-refractivity contribution >= 4 is 11.6 Å². The minimum Gasteiger partial charge on any atom is -0.489 e. The second kappa shape index (κ2) is 7.17. The number of hydrogen-bond acceptors (Lipinski definition) is 2. The Morgan fingerprint density at radius 1 is 1.14 bits per heavy atom. The van der Waals surface area contributed by atoms with Crippen LogP contribution in [0.25, 0.3) is 0 Å². The van der Waals surface area contributed by atoms with E-state index in [1.54, 1.807) is 0 Å². The van der Waals surface area contributed by atoms with Gasteiger partial charge in [-0.15, -0.1) is 0 Å². The van der Waals surface area contributed by atoms with Gasteiger partial charge in [0.15, 0.2) is 0 Å². The number of halogens is 1. The van der Waals surface area contributed by atoms with Crippen molar-refractivity contribution in [2.75, 3.05) is 6.61 Å². The highest BCUT2D eigenvalue weighted by molar-refractivity contribution is 6.31. The molecule has 108 valence electrons. The summed E-state index contributed by atoms with van der Waals surface area (Å²) in [5.74, 6) is 6.32. The number of ether oxygens (including phenoxy) is 1. The minimum absolute atomic E-state index is 0.135. The summed E-state index contributed by atoms with van der Waals surface area (Å²) in [5.41, 5.74) is 4.00. The smallest absolute Gasteiger partial charge is 0.120 e. The molecule has 0 aliphatic carbocycles. The Hall–Kier alpha value is -1.95. The summed E-state index contributed by atoms with van der Waals surface area (Å²) in [6.45, 7) is 4.27. The lowest BCUT2D eigenvalue weighted by atomic mass is 10.1. The van der Waals surface area contributed by atoms with Crippen molar-refractivity contribution in [3.8, 4) is 17.6 Å². The highest BCUT2D eigenvalue weighted by atomic mass is 35.5. The molecule has 0 radical (unpaired) electrons. The van der Waals surface area contributed by atoms with Crippen molar-refractivity contribution in [3.05, 3.63) is 63.7 Å². The molecular weight excluding hydrogens is 284 g/mol. The van der Waals surface area contributed by atoms with Gasteiger partial charge in [0, 0.05) is 16.1 Å². The van der Waals surface area contributed by atoms with Gasteiger partial charge in [0.2, 0.25) is 0 Å². The van der Waals surface area contributed by atoms with Crippen molar-refractivity contribution in [2.45, 2.75) is 20.5 Å². The molecule has 1 N–H and O–H groups in total. The molecule has 0 heterocycles. The third-order valence-corrected chi connectivity index (χ3v) is 3.45. The zero-order chi connectivity index (χ0) is 15.2. The normalized spacial score (nSPS) is 9.90. The summed E-state index contributed by atoms with van der Waals surface area (Å²) in [6.07, 6.45) is 0. The zero-order valence-corrected chi connectivity index (χ0v) is 12.9. The summed E-state index contributed by atoms with van der Waals surface area (Å²) in [6, 6.07) is 11.6. The van der Waals surface area contributed by atoms with E-state index in [-0.39, 0.29) is 6.61 Å². The molecule has 2 rings (SSSR count). The number of hydrogen-bond donors (Lipinski definition) is 1. The van der Waals surface area contributed by atoms with Crippen LogP contribution in [0, 0.1) is 25.7 Å². The summed E-state index contributed by atoms with van der Waals surface area (Å²) >= 11 is 6.19. The molecule has 0 atom stereocenters.